The Kier molecular flexibility index (Phi) is 9.48. The molecule has 3 atom stereocenters. The van der Waals surface area contributed by atoms with Crippen LogP contribution in [-0.4, -0.2) is 95.9 Å². The van der Waals surface area contributed by atoms with Crippen molar-refractivity contribution in [1.82, 2.24) is 46.0 Å². The molecule has 16 nitrogen and oxygen atoms in total. The first-order chi connectivity index (χ1) is 19.2. The zero-order valence-electron chi connectivity index (χ0n) is 21.9. The second-order valence-electron chi connectivity index (χ2n) is 8.94. The number of aromatic nitrogens is 4. The number of imide groups is 1. The van der Waals surface area contributed by atoms with E-state index in [1.807, 2.05) is 0 Å². The van der Waals surface area contributed by atoms with Crippen molar-refractivity contribution in [3.8, 4) is 0 Å². The number of carbonyl (C=O) groups is 5. The minimum atomic E-state index is -1.51. The fourth-order valence-electron chi connectivity index (χ4n) is 4.37. The molecule has 6 amide bonds. The van der Waals surface area contributed by atoms with E-state index in [-0.39, 0.29) is 59.8 Å². The smallest absolute Gasteiger partial charge is 0.543 e. The number of thioether (sulfide) groups is 2. The van der Waals surface area contributed by atoms with Crippen LogP contribution in [0.1, 0.15) is 11.6 Å². The summed E-state index contributed by atoms with van der Waals surface area (Å²) >= 11 is 2.50. The number of nitrogens with one attached hydrogen (secondary N) is 3. The van der Waals surface area contributed by atoms with E-state index in [1.54, 1.807) is 31.3 Å². The molecule has 2 aromatic rings. The van der Waals surface area contributed by atoms with Crippen molar-refractivity contribution in [1.29, 1.82) is 0 Å². The van der Waals surface area contributed by atoms with Gasteiger partial charge in [-0.25, -0.2) is 19.2 Å². The van der Waals surface area contributed by atoms with Gasteiger partial charge in [-0.2, -0.15) is 0 Å². The van der Waals surface area contributed by atoms with Gasteiger partial charge in [-0.1, -0.05) is 23.9 Å². The Bertz CT molecular complexity index is 1420. The zero-order chi connectivity index (χ0) is 28.6. The molecule has 0 spiro atoms. The Hall–Kier alpha value is -3.32. The average Bonchev–Trinajstić information content (AvgIpc) is 3.56. The molecule has 0 aliphatic carbocycles. The number of carboxylic acid groups (broad SMARTS) is 1. The molecule has 3 aliphatic rings. The molecule has 0 bridgehead atoms. The number of carbonyl (C=O) groups excluding carboxylic acids is 5. The summed E-state index contributed by atoms with van der Waals surface area (Å²) in [5.41, 5.74) is 6.78. The number of aryl methyl sites for hydroxylation is 1. The SMILES string of the molecule is Cn1nnnc1SCC1=C(C(=O)[O-])N2C(=O)[C@@H](NC(=O)[C@H](NC(=O)N3CCNC3=O)c3ccc(N)cc3)[C@@H]2SC1.[Na+]. The molecule has 4 heterocycles. The van der Waals surface area contributed by atoms with Crippen LogP contribution >= 0.6 is 23.5 Å². The summed E-state index contributed by atoms with van der Waals surface area (Å²) in [6.45, 7) is 0.405. The van der Waals surface area contributed by atoms with Gasteiger partial charge >= 0.3 is 41.6 Å². The number of hydrogen-bond acceptors (Lipinski definition) is 12. The number of β-lactam (4-membered cyclic amide) rings is 1. The van der Waals surface area contributed by atoms with Gasteiger partial charge in [0.1, 0.15) is 17.5 Å². The summed E-state index contributed by atoms with van der Waals surface area (Å²) in [7, 11) is 1.65. The van der Waals surface area contributed by atoms with Gasteiger partial charge in [-0.15, -0.1) is 16.9 Å². The number of amides is 6. The molecule has 5 rings (SSSR count). The molecule has 3 aliphatic heterocycles. The van der Waals surface area contributed by atoms with Crippen molar-refractivity contribution in [2.45, 2.75) is 22.6 Å². The summed E-state index contributed by atoms with van der Waals surface area (Å²) < 4.78 is 1.44. The van der Waals surface area contributed by atoms with Gasteiger partial charge in [-0.3, -0.25) is 14.5 Å². The molecule has 0 saturated carbocycles. The number of urea groups is 2. The van der Waals surface area contributed by atoms with E-state index in [1.165, 1.54) is 28.2 Å². The minimum Gasteiger partial charge on any atom is -0.543 e. The number of nitrogens with two attached hydrogens (primary N) is 1. The molecule has 1 aromatic carbocycles. The maximum atomic E-state index is 13.4. The van der Waals surface area contributed by atoms with Gasteiger partial charge in [0.2, 0.25) is 11.1 Å². The maximum Gasteiger partial charge on any atom is 1.00 e. The van der Waals surface area contributed by atoms with Crippen LogP contribution in [0.25, 0.3) is 0 Å². The van der Waals surface area contributed by atoms with Gasteiger partial charge in [-0.05, 0) is 33.7 Å². The van der Waals surface area contributed by atoms with Gasteiger partial charge in [0.05, 0.1) is 11.7 Å². The van der Waals surface area contributed by atoms with E-state index >= 15 is 0 Å². The summed E-state index contributed by atoms with van der Waals surface area (Å²) in [6.07, 6.45) is 0. The fourth-order valence-corrected chi connectivity index (χ4v) is 6.70. The molecule has 41 heavy (non-hydrogen) atoms. The molecule has 0 unspecified atom stereocenters. The summed E-state index contributed by atoms with van der Waals surface area (Å²) in [6, 6.07) is 2.48. The summed E-state index contributed by atoms with van der Waals surface area (Å²) in [4.78, 5) is 65.3. The third-order valence-electron chi connectivity index (χ3n) is 6.40. The Balaban J connectivity index is 0.00000387. The average molecular weight is 611 g/mol. The second-order valence-corrected chi connectivity index (χ2v) is 11.0. The topological polar surface area (TPSA) is 221 Å². The molecule has 1 aromatic heterocycles. The molecule has 19 heteroatoms. The number of nitrogens with zero attached hydrogens (tertiary/aromatic N) is 6. The first-order valence-corrected chi connectivity index (χ1v) is 13.9. The Morgan fingerprint density at radius 2 is 2.00 bits per heavy atom. The first-order valence-electron chi connectivity index (χ1n) is 11.9. The van der Waals surface area contributed by atoms with E-state index in [0.29, 0.717) is 22.0 Å². The van der Waals surface area contributed by atoms with Crippen LogP contribution in [0.4, 0.5) is 15.3 Å². The maximum absolute atomic E-state index is 13.4. The number of tetrazole rings is 1. The van der Waals surface area contributed by atoms with Crippen LogP contribution in [0.5, 0.6) is 0 Å². The third-order valence-corrected chi connectivity index (χ3v) is 8.83. The Labute approximate surface area is 263 Å². The first kappa shape index (κ1) is 30.6. The molecule has 5 N–H and O–H groups in total. The largest absolute Gasteiger partial charge is 1.00 e. The molecule has 2 saturated heterocycles. The van der Waals surface area contributed by atoms with Crippen LogP contribution in [0, 0.1) is 0 Å². The minimum absolute atomic E-state index is 0. The van der Waals surface area contributed by atoms with Crippen molar-refractivity contribution in [2.75, 3.05) is 30.3 Å². The summed E-state index contributed by atoms with van der Waals surface area (Å²) in [5, 5.41) is 30.6. The zero-order valence-corrected chi connectivity index (χ0v) is 25.5. The van der Waals surface area contributed by atoms with Crippen LogP contribution in [0.3, 0.4) is 0 Å². The molecular formula is C22H23N10NaO6S2. The van der Waals surface area contributed by atoms with Crippen molar-refractivity contribution < 1.29 is 58.6 Å². The fraction of sp³-hybridized carbons (Fsp3) is 0.364. The Morgan fingerprint density at radius 1 is 1.27 bits per heavy atom. The molecule has 2 fully saturated rings. The van der Waals surface area contributed by atoms with E-state index < -0.39 is 47.3 Å². The van der Waals surface area contributed by atoms with Gasteiger partial charge in [0.15, 0.2) is 0 Å². The normalized spacial score (nSPS) is 20.4. The third kappa shape index (κ3) is 6.15. The van der Waals surface area contributed by atoms with Crippen LogP contribution < -0.4 is 56.3 Å². The number of fused-ring (bicyclic) bond motifs is 1. The molecular weight excluding hydrogens is 587 g/mol. The van der Waals surface area contributed by atoms with Crippen LogP contribution in [0.15, 0.2) is 40.7 Å². The number of anilines is 1. The number of hydrogen-bond donors (Lipinski definition) is 4. The van der Waals surface area contributed by atoms with Crippen LogP contribution in [0.2, 0.25) is 0 Å². The monoisotopic (exact) mass is 610 g/mol. The van der Waals surface area contributed by atoms with Crippen molar-refractivity contribution in [2.24, 2.45) is 7.05 Å². The second kappa shape index (κ2) is 12.7. The predicted octanol–water partition coefficient (Wildman–Crippen LogP) is -5.23. The van der Waals surface area contributed by atoms with Gasteiger partial charge in [0, 0.05) is 37.3 Å². The van der Waals surface area contributed by atoms with Crippen LogP contribution in [-0.2, 0) is 21.4 Å². The van der Waals surface area contributed by atoms with Gasteiger partial charge in [0.25, 0.3) is 5.91 Å². The summed E-state index contributed by atoms with van der Waals surface area (Å²) in [5.74, 6) is -2.37. The molecule has 0 radical (unpaired) electrons. The number of carboxylic acids is 1. The van der Waals surface area contributed by atoms with Gasteiger partial charge < -0.3 is 31.6 Å². The van der Waals surface area contributed by atoms with E-state index in [4.69, 9.17) is 5.73 Å². The van der Waals surface area contributed by atoms with E-state index in [0.717, 1.165) is 9.80 Å². The quantitative estimate of drug-likeness (QED) is 0.0953. The number of benzene rings is 1. The Morgan fingerprint density at radius 3 is 2.61 bits per heavy atom. The van der Waals surface area contributed by atoms with Crippen molar-refractivity contribution in [3.05, 3.63) is 41.1 Å². The predicted molar refractivity (Wildman–Crippen MR) is 139 cm³/mol. The van der Waals surface area contributed by atoms with E-state index in [2.05, 4.69) is 31.5 Å². The molecule has 210 valence electrons. The number of aliphatic carboxylic acids is 1. The number of rotatable bonds is 8. The number of nitrogen functional groups attached to an aromatic ring is 1. The van der Waals surface area contributed by atoms with Crippen molar-refractivity contribution >= 4 is 59.1 Å². The van der Waals surface area contributed by atoms with Crippen molar-refractivity contribution in [3.63, 3.8) is 0 Å². The standard InChI is InChI=1S/C22H24N10O6S2.Na/c1-30-22(27-28-29-30)40-9-11-8-39-18-14(17(34)32(18)15(11)19(35)36)25-16(33)13(10-2-4-12(23)5-3-10)26-21(38)31-7-6-24-20(31)37;/h2-5,13-14,18H,6-9,23H2,1H3,(H,24,37)(H,25,33)(H,26,38)(H,35,36);/q;+1/p-1/t13-,14-,18+;/m1./s1. The van der Waals surface area contributed by atoms with E-state index in [9.17, 15) is 29.1 Å².